The van der Waals surface area contributed by atoms with Crippen molar-refractivity contribution >= 4 is 5.88 Å². The average molecular weight is 282 g/mol. The van der Waals surface area contributed by atoms with Crippen LogP contribution >= 0.6 is 0 Å². The van der Waals surface area contributed by atoms with Crippen LogP contribution in [0.2, 0.25) is 0 Å². The van der Waals surface area contributed by atoms with Gasteiger partial charge in [0.25, 0.3) is 0 Å². The highest BCUT2D eigenvalue weighted by Crippen LogP contribution is 2.39. The molecule has 1 fully saturated rings. The number of nitrogens with zero attached hydrogens (tertiary/aromatic N) is 2. The zero-order valence-electron chi connectivity index (χ0n) is 10.7. The fourth-order valence-corrected chi connectivity index (χ4v) is 2.34. The van der Waals surface area contributed by atoms with E-state index in [1.807, 2.05) is 0 Å². The lowest BCUT2D eigenvalue weighted by molar-refractivity contribution is -0.140. The van der Waals surface area contributed by atoms with E-state index in [9.17, 15) is 13.2 Å². The molecule has 2 aromatic rings. The summed E-state index contributed by atoms with van der Waals surface area (Å²) in [5.74, 6) is -0.145. The van der Waals surface area contributed by atoms with E-state index in [1.54, 1.807) is 35.2 Å². The van der Waals surface area contributed by atoms with Crippen molar-refractivity contribution in [3.8, 4) is 11.5 Å². The van der Waals surface area contributed by atoms with Gasteiger partial charge in [-0.05, 0) is 25.0 Å². The van der Waals surface area contributed by atoms with Crippen molar-refractivity contribution in [3.63, 3.8) is 0 Å². The van der Waals surface area contributed by atoms with Crippen molar-refractivity contribution in [1.29, 1.82) is 0 Å². The van der Waals surface area contributed by atoms with E-state index in [0.29, 0.717) is 18.7 Å². The molecule has 0 amide bonds. The molecule has 1 saturated heterocycles. The van der Waals surface area contributed by atoms with E-state index in [4.69, 9.17) is 4.42 Å². The van der Waals surface area contributed by atoms with Gasteiger partial charge < -0.3 is 9.32 Å². The Morgan fingerprint density at radius 2 is 1.70 bits per heavy atom. The molecule has 0 saturated carbocycles. The lowest BCUT2D eigenvalue weighted by Crippen LogP contribution is -2.21. The maximum Gasteiger partial charge on any atom is 0.438 e. The van der Waals surface area contributed by atoms with Gasteiger partial charge in [0.1, 0.15) is 0 Å². The van der Waals surface area contributed by atoms with Gasteiger partial charge in [-0.2, -0.15) is 13.2 Å². The van der Waals surface area contributed by atoms with E-state index in [2.05, 4.69) is 4.98 Å². The highest BCUT2D eigenvalue weighted by molar-refractivity contribution is 5.57. The number of aromatic nitrogens is 1. The quantitative estimate of drug-likeness (QED) is 0.835. The lowest BCUT2D eigenvalue weighted by atomic mass is 10.2. The van der Waals surface area contributed by atoms with Crippen LogP contribution in [0.25, 0.3) is 11.5 Å². The third-order valence-electron chi connectivity index (χ3n) is 3.29. The molecule has 0 aliphatic carbocycles. The number of anilines is 1. The molecule has 6 heteroatoms. The molecule has 0 unspecified atom stereocenters. The largest absolute Gasteiger partial charge is 0.438 e. The van der Waals surface area contributed by atoms with Crippen molar-refractivity contribution in [1.82, 2.24) is 4.98 Å². The van der Waals surface area contributed by atoms with Crippen molar-refractivity contribution in [2.75, 3.05) is 18.0 Å². The summed E-state index contributed by atoms with van der Waals surface area (Å²) in [6.07, 6.45) is -2.76. The Hall–Kier alpha value is -1.98. The molecule has 2 heterocycles. The highest BCUT2D eigenvalue weighted by Gasteiger charge is 2.41. The van der Waals surface area contributed by atoms with Gasteiger partial charge in [0.05, 0.1) is 0 Å². The molecule has 106 valence electrons. The molecule has 3 nitrogen and oxygen atoms in total. The summed E-state index contributed by atoms with van der Waals surface area (Å²) in [5, 5.41) is 0. The Bertz CT molecular complexity index is 586. The van der Waals surface area contributed by atoms with Gasteiger partial charge in [-0.25, -0.2) is 4.98 Å². The minimum absolute atomic E-state index is 0.0137. The zero-order valence-corrected chi connectivity index (χ0v) is 10.7. The molecule has 0 bridgehead atoms. The maximum atomic E-state index is 13.1. The Labute approximate surface area is 114 Å². The van der Waals surface area contributed by atoms with Crippen LogP contribution in [0, 0.1) is 0 Å². The third kappa shape index (κ3) is 2.37. The number of hydrogen-bond donors (Lipinski definition) is 0. The van der Waals surface area contributed by atoms with E-state index in [-0.39, 0.29) is 11.8 Å². The molecular weight excluding hydrogens is 269 g/mol. The number of hydrogen-bond acceptors (Lipinski definition) is 3. The summed E-state index contributed by atoms with van der Waals surface area (Å²) in [7, 11) is 0. The Kier molecular flexibility index (Phi) is 3.16. The van der Waals surface area contributed by atoms with Gasteiger partial charge in [0, 0.05) is 18.7 Å². The maximum absolute atomic E-state index is 13.1. The summed E-state index contributed by atoms with van der Waals surface area (Å²) in [5.41, 5.74) is -0.387. The second-order valence-corrected chi connectivity index (χ2v) is 4.73. The van der Waals surface area contributed by atoms with Crippen LogP contribution in [0.5, 0.6) is 0 Å². The smallest absolute Gasteiger partial charge is 0.420 e. The highest BCUT2D eigenvalue weighted by atomic mass is 19.4. The van der Waals surface area contributed by atoms with Gasteiger partial charge in [-0.15, -0.1) is 0 Å². The fourth-order valence-electron chi connectivity index (χ4n) is 2.34. The van der Waals surface area contributed by atoms with Crippen LogP contribution in [0.4, 0.5) is 19.1 Å². The number of rotatable bonds is 2. The summed E-state index contributed by atoms with van der Waals surface area (Å²) in [4.78, 5) is 5.28. The Balaban J connectivity index is 2.06. The van der Waals surface area contributed by atoms with E-state index < -0.39 is 11.9 Å². The Morgan fingerprint density at radius 3 is 2.30 bits per heavy atom. The van der Waals surface area contributed by atoms with Gasteiger partial charge in [0.15, 0.2) is 0 Å². The Morgan fingerprint density at radius 1 is 1.05 bits per heavy atom. The van der Waals surface area contributed by atoms with Gasteiger partial charge in [0.2, 0.25) is 17.5 Å². The first-order valence-electron chi connectivity index (χ1n) is 6.44. The number of oxazole rings is 1. The predicted octanol–water partition coefficient (Wildman–Crippen LogP) is 3.96. The van der Waals surface area contributed by atoms with E-state index in [1.165, 1.54) is 0 Å². The van der Waals surface area contributed by atoms with Crippen LogP contribution in [0.1, 0.15) is 18.5 Å². The van der Waals surface area contributed by atoms with Crippen molar-refractivity contribution in [2.45, 2.75) is 19.0 Å². The normalized spacial score (nSPS) is 15.8. The van der Waals surface area contributed by atoms with Gasteiger partial charge >= 0.3 is 6.18 Å². The topological polar surface area (TPSA) is 29.3 Å². The molecule has 0 spiro atoms. The third-order valence-corrected chi connectivity index (χ3v) is 3.29. The summed E-state index contributed by atoms with van der Waals surface area (Å²) in [6.45, 7) is 1.15. The number of alkyl halides is 3. The van der Waals surface area contributed by atoms with Gasteiger partial charge in [-0.3, -0.25) is 0 Å². The number of halogens is 3. The first-order valence-corrected chi connectivity index (χ1v) is 6.44. The first-order chi connectivity index (χ1) is 9.55. The molecule has 3 rings (SSSR count). The predicted molar refractivity (Wildman–Crippen MR) is 68.4 cm³/mol. The van der Waals surface area contributed by atoms with E-state index >= 15 is 0 Å². The van der Waals surface area contributed by atoms with E-state index in [0.717, 1.165) is 12.8 Å². The molecule has 20 heavy (non-hydrogen) atoms. The SMILES string of the molecule is FC(F)(F)c1nc(-c2ccccc2)oc1N1CCCC1. The van der Waals surface area contributed by atoms with Crippen molar-refractivity contribution in [2.24, 2.45) is 0 Å². The van der Waals surface area contributed by atoms with Crippen LogP contribution in [-0.4, -0.2) is 18.1 Å². The van der Waals surface area contributed by atoms with Crippen LogP contribution in [-0.2, 0) is 6.18 Å². The standard InChI is InChI=1S/C14H13F3N2O/c15-14(16,17)11-13(19-8-4-5-9-19)20-12(18-11)10-6-2-1-3-7-10/h1-3,6-7H,4-5,8-9H2. The number of benzene rings is 1. The van der Waals surface area contributed by atoms with Crippen LogP contribution in [0.3, 0.4) is 0 Å². The minimum atomic E-state index is -4.51. The average Bonchev–Trinajstić information content (AvgIpc) is 3.08. The summed E-state index contributed by atoms with van der Waals surface area (Å²) >= 11 is 0. The molecular formula is C14H13F3N2O. The van der Waals surface area contributed by atoms with Crippen LogP contribution in [0.15, 0.2) is 34.7 Å². The molecule has 0 atom stereocenters. The second-order valence-electron chi connectivity index (χ2n) is 4.73. The lowest BCUT2D eigenvalue weighted by Gasteiger charge is -2.15. The van der Waals surface area contributed by atoms with Gasteiger partial charge in [-0.1, -0.05) is 18.2 Å². The molecule has 1 aliphatic rings. The molecule has 1 aromatic heterocycles. The zero-order chi connectivity index (χ0) is 14.2. The molecule has 0 radical (unpaired) electrons. The summed E-state index contributed by atoms with van der Waals surface area (Å²) in [6, 6.07) is 8.63. The van der Waals surface area contributed by atoms with Crippen LogP contribution < -0.4 is 4.90 Å². The first kappa shape index (κ1) is 13.0. The monoisotopic (exact) mass is 282 g/mol. The van der Waals surface area contributed by atoms with Crippen molar-refractivity contribution in [3.05, 3.63) is 36.0 Å². The molecule has 0 N–H and O–H groups in total. The molecule has 1 aliphatic heterocycles. The molecule has 1 aromatic carbocycles. The minimum Gasteiger partial charge on any atom is -0.420 e. The summed E-state index contributed by atoms with van der Waals surface area (Å²) < 4.78 is 44.7. The fraction of sp³-hybridized carbons (Fsp3) is 0.357. The van der Waals surface area contributed by atoms with Crippen molar-refractivity contribution < 1.29 is 17.6 Å². The second kappa shape index (κ2) is 4.85.